The van der Waals surface area contributed by atoms with Crippen molar-refractivity contribution in [3.05, 3.63) is 64.4 Å². The van der Waals surface area contributed by atoms with E-state index in [0.29, 0.717) is 18.5 Å². The lowest BCUT2D eigenvalue weighted by molar-refractivity contribution is 0.198. The van der Waals surface area contributed by atoms with Gasteiger partial charge in [-0.1, -0.05) is 29.8 Å². The number of nitrogens with one attached hydrogen (secondary N) is 2. The number of phenols is 1. The summed E-state index contributed by atoms with van der Waals surface area (Å²) in [5.74, 6) is -0.253. The Hall–Kier alpha value is -2.31. The second-order valence-electron chi connectivity index (χ2n) is 7.03. The van der Waals surface area contributed by atoms with Crippen molar-refractivity contribution in [3.8, 4) is 5.75 Å². The van der Waals surface area contributed by atoms with E-state index < -0.39 is 5.82 Å². The van der Waals surface area contributed by atoms with E-state index in [1.54, 1.807) is 13.1 Å². The molecule has 0 radical (unpaired) electrons. The molecule has 2 aromatic carbocycles. The van der Waals surface area contributed by atoms with Gasteiger partial charge in [-0.25, -0.2) is 4.39 Å². The van der Waals surface area contributed by atoms with E-state index in [1.807, 2.05) is 12.1 Å². The highest BCUT2D eigenvalue weighted by Crippen LogP contribution is 2.17. The molecular formula is C21H26ClFN4O. The lowest BCUT2D eigenvalue weighted by Crippen LogP contribution is -2.48. The van der Waals surface area contributed by atoms with Crippen LogP contribution in [-0.2, 0) is 13.1 Å². The molecule has 0 amide bonds. The molecule has 28 heavy (non-hydrogen) atoms. The van der Waals surface area contributed by atoms with E-state index in [0.717, 1.165) is 43.1 Å². The summed E-state index contributed by atoms with van der Waals surface area (Å²) in [6, 6.07) is 12.7. The molecule has 3 rings (SSSR count). The smallest absolute Gasteiger partial charge is 0.191 e. The maximum atomic E-state index is 13.4. The van der Waals surface area contributed by atoms with Crippen LogP contribution in [0.1, 0.15) is 24.0 Å². The summed E-state index contributed by atoms with van der Waals surface area (Å²) in [6.07, 6.45) is 2.06. The summed E-state index contributed by atoms with van der Waals surface area (Å²) < 4.78 is 13.4. The molecule has 1 fully saturated rings. The fourth-order valence-corrected chi connectivity index (χ4v) is 3.44. The second-order valence-corrected chi connectivity index (χ2v) is 7.47. The molecule has 5 nitrogen and oxygen atoms in total. The van der Waals surface area contributed by atoms with Crippen molar-refractivity contribution >= 4 is 17.6 Å². The largest absolute Gasteiger partial charge is 0.505 e. The fraction of sp³-hybridized carbons (Fsp3) is 0.381. The Labute approximate surface area is 170 Å². The number of nitrogens with zero attached hydrogens (tertiary/aromatic N) is 2. The Morgan fingerprint density at radius 2 is 1.86 bits per heavy atom. The van der Waals surface area contributed by atoms with Gasteiger partial charge in [0, 0.05) is 44.3 Å². The zero-order valence-corrected chi connectivity index (χ0v) is 16.7. The van der Waals surface area contributed by atoms with Crippen LogP contribution < -0.4 is 10.6 Å². The molecule has 3 N–H and O–H groups in total. The summed E-state index contributed by atoms with van der Waals surface area (Å²) >= 11 is 5.95. The van der Waals surface area contributed by atoms with Crippen LogP contribution in [0.2, 0.25) is 5.02 Å². The van der Waals surface area contributed by atoms with Gasteiger partial charge in [0.05, 0.1) is 0 Å². The highest BCUT2D eigenvalue weighted by molar-refractivity contribution is 6.30. The SMILES string of the molecule is CN=C(NCc1ccc(O)c(F)c1)NC1CCN(Cc2ccc(Cl)cc2)CC1. The first kappa shape index (κ1) is 20.4. The number of benzene rings is 2. The van der Waals surface area contributed by atoms with Crippen LogP contribution >= 0.6 is 11.6 Å². The van der Waals surface area contributed by atoms with Crippen LogP contribution in [0, 0.1) is 5.82 Å². The predicted molar refractivity (Wildman–Crippen MR) is 111 cm³/mol. The number of aromatic hydroxyl groups is 1. The van der Waals surface area contributed by atoms with E-state index in [4.69, 9.17) is 11.6 Å². The Balaban J connectivity index is 1.43. The molecule has 0 aromatic heterocycles. The topological polar surface area (TPSA) is 59.9 Å². The summed E-state index contributed by atoms with van der Waals surface area (Å²) in [7, 11) is 1.72. The quantitative estimate of drug-likeness (QED) is 0.527. The molecular weight excluding hydrogens is 379 g/mol. The van der Waals surface area contributed by atoms with E-state index in [9.17, 15) is 9.50 Å². The Morgan fingerprint density at radius 3 is 2.50 bits per heavy atom. The molecule has 2 aromatic rings. The molecule has 1 saturated heterocycles. The molecule has 0 spiro atoms. The number of hydrogen-bond donors (Lipinski definition) is 3. The summed E-state index contributed by atoms with van der Waals surface area (Å²) in [5, 5.41) is 16.7. The first-order chi connectivity index (χ1) is 13.5. The normalized spacial score (nSPS) is 16.2. The van der Waals surface area contributed by atoms with Crippen molar-refractivity contribution in [1.82, 2.24) is 15.5 Å². The predicted octanol–water partition coefficient (Wildman–Crippen LogP) is 3.51. The molecule has 150 valence electrons. The molecule has 1 aliphatic rings. The second kappa shape index (κ2) is 9.75. The minimum atomic E-state index is -0.615. The number of rotatable bonds is 5. The number of guanidine groups is 1. The highest BCUT2D eigenvalue weighted by Gasteiger charge is 2.20. The van der Waals surface area contributed by atoms with Crippen molar-refractivity contribution in [2.45, 2.75) is 32.0 Å². The van der Waals surface area contributed by atoms with Crippen LogP contribution in [0.25, 0.3) is 0 Å². The van der Waals surface area contributed by atoms with E-state index in [-0.39, 0.29) is 5.75 Å². The number of phenolic OH excluding ortho intramolecular Hbond substituents is 1. The molecule has 0 aliphatic carbocycles. The summed E-state index contributed by atoms with van der Waals surface area (Å²) in [5.41, 5.74) is 2.02. The first-order valence-corrected chi connectivity index (χ1v) is 9.82. The van der Waals surface area contributed by atoms with Gasteiger partial charge in [-0.15, -0.1) is 0 Å². The van der Waals surface area contributed by atoms with E-state index in [2.05, 4.69) is 32.7 Å². The zero-order chi connectivity index (χ0) is 19.9. The Kier molecular flexibility index (Phi) is 7.12. The third-order valence-electron chi connectivity index (χ3n) is 4.94. The summed E-state index contributed by atoms with van der Waals surface area (Å²) in [6.45, 7) is 3.40. The zero-order valence-electron chi connectivity index (χ0n) is 16.0. The van der Waals surface area contributed by atoms with Gasteiger partial charge in [0.15, 0.2) is 17.5 Å². The molecule has 0 saturated carbocycles. The minimum Gasteiger partial charge on any atom is -0.505 e. The van der Waals surface area contributed by atoms with Gasteiger partial charge in [0.25, 0.3) is 0 Å². The van der Waals surface area contributed by atoms with Gasteiger partial charge in [-0.05, 0) is 48.2 Å². The minimum absolute atomic E-state index is 0.336. The van der Waals surface area contributed by atoms with Crippen molar-refractivity contribution in [2.75, 3.05) is 20.1 Å². The van der Waals surface area contributed by atoms with E-state index in [1.165, 1.54) is 17.7 Å². The van der Waals surface area contributed by atoms with Gasteiger partial charge in [-0.3, -0.25) is 9.89 Å². The number of halogens is 2. The van der Waals surface area contributed by atoms with Gasteiger partial charge in [-0.2, -0.15) is 0 Å². The number of likely N-dealkylation sites (tertiary alicyclic amines) is 1. The van der Waals surface area contributed by atoms with Crippen LogP contribution in [0.4, 0.5) is 4.39 Å². The van der Waals surface area contributed by atoms with Crippen LogP contribution in [0.3, 0.4) is 0 Å². The number of piperidine rings is 1. The van der Waals surface area contributed by atoms with Crippen molar-refractivity contribution < 1.29 is 9.50 Å². The van der Waals surface area contributed by atoms with Crippen LogP contribution in [0.5, 0.6) is 5.75 Å². The monoisotopic (exact) mass is 404 g/mol. The third-order valence-corrected chi connectivity index (χ3v) is 5.20. The average Bonchev–Trinajstić information content (AvgIpc) is 2.70. The van der Waals surface area contributed by atoms with Crippen molar-refractivity contribution in [3.63, 3.8) is 0 Å². The van der Waals surface area contributed by atoms with E-state index >= 15 is 0 Å². The van der Waals surface area contributed by atoms with Gasteiger partial charge in [0.2, 0.25) is 0 Å². The van der Waals surface area contributed by atoms with Gasteiger partial charge >= 0.3 is 0 Å². The van der Waals surface area contributed by atoms with Crippen LogP contribution in [0.15, 0.2) is 47.5 Å². The average molecular weight is 405 g/mol. The van der Waals surface area contributed by atoms with Gasteiger partial charge in [0.1, 0.15) is 0 Å². The third kappa shape index (κ3) is 5.84. The van der Waals surface area contributed by atoms with Gasteiger partial charge < -0.3 is 15.7 Å². The standard InChI is InChI=1S/C21H26ClFN4O/c1-24-21(25-13-16-4-7-20(28)19(23)12-16)26-18-8-10-27(11-9-18)14-15-2-5-17(22)6-3-15/h2-7,12,18,28H,8-11,13-14H2,1H3,(H2,24,25,26). The van der Waals surface area contributed by atoms with Crippen molar-refractivity contribution in [1.29, 1.82) is 0 Å². The number of aliphatic imine (C=N–C) groups is 1. The molecule has 0 unspecified atom stereocenters. The highest BCUT2D eigenvalue weighted by atomic mass is 35.5. The number of hydrogen-bond acceptors (Lipinski definition) is 3. The lowest BCUT2D eigenvalue weighted by Gasteiger charge is -2.33. The molecule has 0 atom stereocenters. The molecule has 1 aliphatic heterocycles. The first-order valence-electron chi connectivity index (χ1n) is 9.45. The Morgan fingerprint density at radius 1 is 1.18 bits per heavy atom. The maximum Gasteiger partial charge on any atom is 0.191 e. The fourth-order valence-electron chi connectivity index (χ4n) is 3.32. The van der Waals surface area contributed by atoms with Crippen molar-refractivity contribution in [2.24, 2.45) is 4.99 Å². The Bertz CT molecular complexity index is 805. The molecule has 0 bridgehead atoms. The molecule has 7 heteroatoms. The summed E-state index contributed by atoms with van der Waals surface area (Å²) in [4.78, 5) is 6.70. The molecule has 1 heterocycles. The maximum absolute atomic E-state index is 13.4. The van der Waals surface area contributed by atoms with Crippen LogP contribution in [-0.4, -0.2) is 42.1 Å². The lowest BCUT2D eigenvalue weighted by atomic mass is 10.0.